The highest BCUT2D eigenvalue weighted by atomic mass is 35.5. The van der Waals surface area contributed by atoms with E-state index in [1.165, 1.54) is 0 Å². The van der Waals surface area contributed by atoms with Gasteiger partial charge in [0, 0.05) is 10.7 Å². The van der Waals surface area contributed by atoms with Gasteiger partial charge in [-0.3, -0.25) is 0 Å². The molecule has 20 heavy (non-hydrogen) atoms. The Labute approximate surface area is 126 Å². The lowest BCUT2D eigenvalue weighted by atomic mass is 9.94. The van der Waals surface area contributed by atoms with Gasteiger partial charge in [0.15, 0.2) is 0 Å². The standard InChI is InChI=1S/C16H24ClNO2/c1-4-6-7-12-16(3,15(19)20-5-2)18-14-10-8-13(17)9-11-14/h8-11,18H,4-7,12H2,1-3H3. The predicted molar refractivity (Wildman–Crippen MR) is 84.3 cm³/mol. The monoisotopic (exact) mass is 297 g/mol. The quantitative estimate of drug-likeness (QED) is 0.560. The third-order valence-electron chi connectivity index (χ3n) is 3.27. The van der Waals surface area contributed by atoms with Crippen LogP contribution in [0, 0.1) is 0 Å². The van der Waals surface area contributed by atoms with E-state index in [-0.39, 0.29) is 5.97 Å². The maximum Gasteiger partial charge on any atom is 0.331 e. The Morgan fingerprint density at radius 3 is 2.45 bits per heavy atom. The van der Waals surface area contributed by atoms with Crippen molar-refractivity contribution in [1.82, 2.24) is 0 Å². The molecular weight excluding hydrogens is 274 g/mol. The zero-order valence-corrected chi connectivity index (χ0v) is 13.3. The summed E-state index contributed by atoms with van der Waals surface area (Å²) < 4.78 is 5.21. The molecule has 4 heteroatoms. The summed E-state index contributed by atoms with van der Waals surface area (Å²) in [5.41, 5.74) is 0.181. The molecule has 1 aromatic carbocycles. The fourth-order valence-electron chi connectivity index (χ4n) is 2.09. The molecule has 3 nitrogen and oxygen atoms in total. The van der Waals surface area contributed by atoms with Crippen LogP contribution in [0.15, 0.2) is 24.3 Å². The molecule has 1 N–H and O–H groups in total. The van der Waals surface area contributed by atoms with Gasteiger partial charge in [0.1, 0.15) is 5.54 Å². The van der Waals surface area contributed by atoms with Crippen molar-refractivity contribution in [3.63, 3.8) is 0 Å². The molecule has 0 radical (unpaired) electrons. The van der Waals surface area contributed by atoms with Crippen LogP contribution in [0.25, 0.3) is 0 Å². The van der Waals surface area contributed by atoms with Crippen molar-refractivity contribution < 1.29 is 9.53 Å². The number of anilines is 1. The number of unbranched alkanes of at least 4 members (excludes halogenated alkanes) is 2. The van der Waals surface area contributed by atoms with Crippen molar-refractivity contribution in [2.45, 2.75) is 52.0 Å². The first-order valence-electron chi connectivity index (χ1n) is 7.23. The highest BCUT2D eigenvalue weighted by Crippen LogP contribution is 2.24. The number of halogens is 1. The summed E-state index contributed by atoms with van der Waals surface area (Å²) in [4.78, 5) is 12.2. The zero-order valence-electron chi connectivity index (χ0n) is 12.5. The Morgan fingerprint density at radius 1 is 1.25 bits per heavy atom. The minimum Gasteiger partial charge on any atom is -0.464 e. The summed E-state index contributed by atoms with van der Waals surface area (Å²) in [5, 5.41) is 3.97. The molecule has 0 spiro atoms. The number of carbonyl (C=O) groups is 1. The molecule has 0 aliphatic rings. The third-order valence-corrected chi connectivity index (χ3v) is 3.52. The number of hydrogen-bond donors (Lipinski definition) is 1. The molecule has 1 atom stereocenters. The van der Waals surface area contributed by atoms with Crippen molar-refractivity contribution in [1.29, 1.82) is 0 Å². The number of carbonyl (C=O) groups excluding carboxylic acids is 1. The Hall–Kier alpha value is -1.22. The van der Waals surface area contributed by atoms with Crippen LogP contribution in [0.2, 0.25) is 5.02 Å². The Balaban J connectivity index is 2.80. The molecule has 112 valence electrons. The van der Waals surface area contributed by atoms with Gasteiger partial charge in [-0.25, -0.2) is 4.79 Å². The zero-order chi connectivity index (χ0) is 15.0. The smallest absolute Gasteiger partial charge is 0.331 e. The molecule has 1 unspecified atom stereocenters. The number of ether oxygens (including phenoxy) is 1. The van der Waals surface area contributed by atoms with Gasteiger partial charge in [-0.1, -0.05) is 37.8 Å². The lowest BCUT2D eigenvalue weighted by Gasteiger charge is -2.29. The largest absolute Gasteiger partial charge is 0.464 e. The first-order chi connectivity index (χ1) is 9.51. The van der Waals surface area contributed by atoms with Crippen molar-refractivity contribution in [3.05, 3.63) is 29.3 Å². The molecule has 0 aliphatic carbocycles. The van der Waals surface area contributed by atoms with Crippen LogP contribution in [-0.4, -0.2) is 18.1 Å². The third kappa shape index (κ3) is 5.04. The lowest BCUT2D eigenvalue weighted by Crippen LogP contribution is -2.44. The summed E-state index contributed by atoms with van der Waals surface area (Å²) >= 11 is 5.88. The number of nitrogens with one attached hydrogen (secondary N) is 1. The van der Waals surface area contributed by atoms with Crippen molar-refractivity contribution >= 4 is 23.3 Å². The Morgan fingerprint density at radius 2 is 1.90 bits per heavy atom. The van der Waals surface area contributed by atoms with E-state index in [0.29, 0.717) is 11.6 Å². The number of rotatable bonds is 8. The SMILES string of the molecule is CCCCCC(C)(Nc1ccc(Cl)cc1)C(=O)OCC. The summed E-state index contributed by atoms with van der Waals surface area (Å²) in [6, 6.07) is 7.36. The molecule has 0 amide bonds. The van der Waals surface area contributed by atoms with Gasteiger partial charge in [0.25, 0.3) is 0 Å². The molecule has 0 aliphatic heterocycles. The van der Waals surface area contributed by atoms with E-state index in [2.05, 4.69) is 12.2 Å². The molecule has 0 saturated carbocycles. The molecule has 0 saturated heterocycles. The second-order valence-electron chi connectivity index (χ2n) is 5.14. The fraction of sp³-hybridized carbons (Fsp3) is 0.562. The summed E-state index contributed by atoms with van der Waals surface area (Å²) in [7, 11) is 0. The lowest BCUT2D eigenvalue weighted by molar-refractivity contribution is -0.148. The average Bonchev–Trinajstić information content (AvgIpc) is 2.42. The normalized spacial score (nSPS) is 13.6. The number of esters is 1. The highest BCUT2D eigenvalue weighted by molar-refractivity contribution is 6.30. The van der Waals surface area contributed by atoms with Crippen LogP contribution in [-0.2, 0) is 9.53 Å². The molecule has 0 aromatic heterocycles. The minimum atomic E-state index is -0.695. The topological polar surface area (TPSA) is 38.3 Å². The van der Waals surface area contributed by atoms with E-state index < -0.39 is 5.54 Å². The average molecular weight is 298 g/mol. The molecular formula is C16H24ClNO2. The van der Waals surface area contributed by atoms with E-state index in [1.54, 1.807) is 0 Å². The maximum atomic E-state index is 12.2. The molecule has 1 aromatic rings. The predicted octanol–water partition coefficient (Wildman–Crippen LogP) is 4.65. The van der Waals surface area contributed by atoms with Crippen LogP contribution in [0.3, 0.4) is 0 Å². The van der Waals surface area contributed by atoms with Crippen molar-refractivity contribution in [2.24, 2.45) is 0 Å². The van der Waals surface area contributed by atoms with Crippen LogP contribution in [0.1, 0.15) is 46.5 Å². The van der Waals surface area contributed by atoms with Gasteiger partial charge >= 0.3 is 5.97 Å². The van der Waals surface area contributed by atoms with E-state index in [1.807, 2.05) is 38.1 Å². The van der Waals surface area contributed by atoms with Gasteiger partial charge < -0.3 is 10.1 Å². The van der Waals surface area contributed by atoms with E-state index in [0.717, 1.165) is 31.4 Å². The van der Waals surface area contributed by atoms with Gasteiger partial charge in [0.2, 0.25) is 0 Å². The molecule has 0 heterocycles. The fourth-order valence-corrected chi connectivity index (χ4v) is 2.21. The van der Waals surface area contributed by atoms with E-state index in [4.69, 9.17) is 16.3 Å². The van der Waals surface area contributed by atoms with Gasteiger partial charge in [-0.2, -0.15) is 0 Å². The summed E-state index contributed by atoms with van der Waals surface area (Å²) in [6.45, 7) is 6.26. The molecule has 0 fully saturated rings. The minimum absolute atomic E-state index is 0.203. The van der Waals surface area contributed by atoms with Gasteiger partial charge in [-0.05, 0) is 44.5 Å². The van der Waals surface area contributed by atoms with Crippen LogP contribution >= 0.6 is 11.6 Å². The molecule has 0 bridgehead atoms. The van der Waals surface area contributed by atoms with Gasteiger partial charge in [0.05, 0.1) is 6.61 Å². The van der Waals surface area contributed by atoms with Gasteiger partial charge in [-0.15, -0.1) is 0 Å². The van der Waals surface area contributed by atoms with Crippen molar-refractivity contribution in [2.75, 3.05) is 11.9 Å². The summed E-state index contributed by atoms with van der Waals surface area (Å²) in [6.07, 6.45) is 3.98. The van der Waals surface area contributed by atoms with Crippen molar-refractivity contribution in [3.8, 4) is 0 Å². The molecule has 1 rings (SSSR count). The highest BCUT2D eigenvalue weighted by Gasteiger charge is 2.34. The Bertz CT molecular complexity index is 419. The van der Waals surface area contributed by atoms with E-state index >= 15 is 0 Å². The first-order valence-corrected chi connectivity index (χ1v) is 7.60. The Kier molecular flexibility index (Phi) is 6.86. The van der Waals surface area contributed by atoms with Crippen LogP contribution in [0.5, 0.6) is 0 Å². The number of hydrogen-bond acceptors (Lipinski definition) is 3. The van der Waals surface area contributed by atoms with Crippen LogP contribution in [0.4, 0.5) is 5.69 Å². The second kappa shape index (κ2) is 8.15. The number of benzene rings is 1. The summed E-state index contributed by atoms with van der Waals surface area (Å²) in [5.74, 6) is -0.203. The van der Waals surface area contributed by atoms with Crippen LogP contribution < -0.4 is 5.32 Å². The second-order valence-corrected chi connectivity index (χ2v) is 5.58. The van der Waals surface area contributed by atoms with E-state index in [9.17, 15) is 4.79 Å². The first kappa shape index (κ1) is 16.8. The maximum absolute atomic E-state index is 12.2.